The highest BCUT2D eigenvalue weighted by Crippen LogP contribution is 2.47. The zero-order chi connectivity index (χ0) is 12.0. The van der Waals surface area contributed by atoms with Gasteiger partial charge in [0.1, 0.15) is 0 Å². The van der Waals surface area contributed by atoms with Gasteiger partial charge in [-0.05, 0) is 66.4 Å². The second-order valence-corrected chi connectivity index (χ2v) is 6.07. The van der Waals surface area contributed by atoms with Gasteiger partial charge in [-0.1, -0.05) is 37.1 Å². The maximum absolute atomic E-state index is 6.17. The first-order valence-electron chi connectivity index (χ1n) is 6.68. The summed E-state index contributed by atoms with van der Waals surface area (Å²) in [5.74, 6) is 1.43. The van der Waals surface area contributed by atoms with Crippen LogP contribution in [0.15, 0.2) is 23.8 Å². The summed E-state index contributed by atoms with van der Waals surface area (Å²) in [6, 6.07) is 6.44. The van der Waals surface area contributed by atoms with Gasteiger partial charge in [0.2, 0.25) is 0 Å². The van der Waals surface area contributed by atoms with Crippen molar-refractivity contribution in [3.8, 4) is 0 Å². The number of benzene rings is 1. The molecule has 0 spiro atoms. The molecule has 1 heteroatoms. The van der Waals surface area contributed by atoms with Crippen molar-refractivity contribution in [1.82, 2.24) is 0 Å². The molecule has 0 aliphatic heterocycles. The molecule has 0 nitrogen and oxygen atoms in total. The molecular formula is C16H19Cl. The van der Waals surface area contributed by atoms with Gasteiger partial charge in [0.25, 0.3) is 0 Å². The minimum atomic E-state index is 0.654. The molecule has 3 rings (SSSR count). The van der Waals surface area contributed by atoms with Crippen LogP contribution in [-0.2, 0) is 0 Å². The van der Waals surface area contributed by atoms with E-state index in [1.165, 1.54) is 36.8 Å². The molecule has 0 aromatic heterocycles. The minimum Gasteiger partial charge on any atom is -0.0843 e. The quantitative estimate of drug-likeness (QED) is 0.573. The van der Waals surface area contributed by atoms with Gasteiger partial charge in [-0.15, -0.1) is 0 Å². The minimum absolute atomic E-state index is 0.654. The van der Waals surface area contributed by atoms with E-state index in [9.17, 15) is 0 Å². The summed E-state index contributed by atoms with van der Waals surface area (Å²) in [5, 5.41) is 0.878. The van der Waals surface area contributed by atoms with E-state index in [0.29, 0.717) is 5.92 Å². The molecule has 0 bridgehead atoms. The van der Waals surface area contributed by atoms with Crippen molar-refractivity contribution in [3.63, 3.8) is 0 Å². The van der Waals surface area contributed by atoms with E-state index in [2.05, 4.69) is 26.0 Å². The van der Waals surface area contributed by atoms with Gasteiger partial charge in [-0.2, -0.15) is 0 Å². The van der Waals surface area contributed by atoms with Crippen LogP contribution >= 0.6 is 11.6 Å². The van der Waals surface area contributed by atoms with Crippen LogP contribution in [0.5, 0.6) is 0 Å². The Bertz CT molecular complexity index is 484. The first-order chi connectivity index (χ1) is 8.16. The molecule has 0 saturated heterocycles. The van der Waals surface area contributed by atoms with Crippen LogP contribution in [0.3, 0.4) is 0 Å². The van der Waals surface area contributed by atoms with Crippen molar-refractivity contribution in [3.05, 3.63) is 39.9 Å². The molecule has 90 valence electrons. The average Bonchev–Trinajstić information content (AvgIpc) is 2.31. The molecule has 1 aromatic rings. The second kappa shape index (κ2) is 4.17. The highest BCUT2D eigenvalue weighted by molar-refractivity contribution is 6.30. The lowest BCUT2D eigenvalue weighted by Crippen LogP contribution is -2.17. The van der Waals surface area contributed by atoms with E-state index in [0.717, 1.165) is 10.9 Å². The van der Waals surface area contributed by atoms with Crippen molar-refractivity contribution >= 4 is 17.2 Å². The lowest BCUT2D eigenvalue weighted by molar-refractivity contribution is 0.517. The third-order valence-corrected chi connectivity index (χ3v) is 4.68. The molecule has 0 heterocycles. The standard InChI is InChI=1S/C16H19Cl/c1-10-4-3-5-14-15(10)8-11(2)13-7-6-12(17)9-16(13)14/h6-7,9-11H,3-5,8H2,1-2H3. The van der Waals surface area contributed by atoms with Gasteiger partial charge in [0, 0.05) is 5.02 Å². The van der Waals surface area contributed by atoms with Gasteiger partial charge in [0.05, 0.1) is 0 Å². The van der Waals surface area contributed by atoms with Crippen LogP contribution in [0, 0.1) is 5.92 Å². The Morgan fingerprint density at radius 2 is 2.00 bits per heavy atom. The third kappa shape index (κ3) is 1.83. The normalized spacial score (nSPS) is 27.7. The molecule has 0 amide bonds. The Morgan fingerprint density at radius 3 is 2.82 bits per heavy atom. The first-order valence-corrected chi connectivity index (χ1v) is 7.06. The topological polar surface area (TPSA) is 0 Å². The van der Waals surface area contributed by atoms with Crippen LogP contribution < -0.4 is 0 Å². The van der Waals surface area contributed by atoms with Crippen molar-refractivity contribution < 1.29 is 0 Å². The van der Waals surface area contributed by atoms with Crippen LogP contribution in [0.25, 0.3) is 5.57 Å². The lowest BCUT2D eigenvalue weighted by Gasteiger charge is -2.34. The molecule has 2 aliphatic carbocycles. The van der Waals surface area contributed by atoms with Gasteiger partial charge >= 0.3 is 0 Å². The zero-order valence-electron chi connectivity index (χ0n) is 10.6. The molecule has 0 saturated carbocycles. The summed E-state index contributed by atoms with van der Waals surface area (Å²) in [4.78, 5) is 0. The summed E-state index contributed by atoms with van der Waals surface area (Å²) >= 11 is 6.17. The Balaban J connectivity index is 2.19. The zero-order valence-corrected chi connectivity index (χ0v) is 11.3. The van der Waals surface area contributed by atoms with Crippen LogP contribution in [-0.4, -0.2) is 0 Å². The Labute approximate surface area is 109 Å². The van der Waals surface area contributed by atoms with Crippen molar-refractivity contribution in [2.45, 2.75) is 45.4 Å². The van der Waals surface area contributed by atoms with E-state index >= 15 is 0 Å². The predicted molar refractivity (Wildman–Crippen MR) is 74.4 cm³/mol. The van der Waals surface area contributed by atoms with Crippen LogP contribution in [0.1, 0.15) is 56.6 Å². The summed E-state index contributed by atoms with van der Waals surface area (Å²) in [6.07, 6.45) is 5.20. The number of hydrogen-bond acceptors (Lipinski definition) is 0. The fraction of sp³-hybridized carbons (Fsp3) is 0.500. The molecule has 17 heavy (non-hydrogen) atoms. The Hall–Kier alpha value is -0.750. The SMILES string of the molecule is CC1CCCC2=C1CC(C)c1ccc(Cl)cc12. The second-order valence-electron chi connectivity index (χ2n) is 5.63. The lowest BCUT2D eigenvalue weighted by atomic mass is 9.71. The van der Waals surface area contributed by atoms with Gasteiger partial charge < -0.3 is 0 Å². The fourth-order valence-electron chi connectivity index (χ4n) is 3.51. The predicted octanol–water partition coefficient (Wildman–Crippen LogP) is 5.42. The summed E-state index contributed by atoms with van der Waals surface area (Å²) in [5.41, 5.74) is 6.26. The Kier molecular flexibility index (Phi) is 2.78. The monoisotopic (exact) mass is 246 g/mol. The molecule has 2 aliphatic rings. The van der Waals surface area contributed by atoms with Crippen LogP contribution in [0.4, 0.5) is 0 Å². The highest BCUT2D eigenvalue weighted by Gasteiger charge is 2.28. The smallest absolute Gasteiger partial charge is 0.0412 e. The molecule has 0 radical (unpaired) electrons. The van der Waals surface area contributed by atoms with Gasteiger partial charge in [-0.3, -0.25) is 0 Å². The highest BCUT2D eigenvalue weighted by atomic mass is 35.5. The Morgan fingerprint density at radius 1 is 1.18 bits per heavy atom. The number of rotatable bonds is 0. The molecule has 2 atom stereocenters. The molecule has 1 aromatic carbocycles. The fourth-order valence-corrected chi connectivity index (χ4v) is 3.68. The average molecular weight is 247 g/mol. The van der Waals surface area contributed by atoms with E-state index in [1.807, 2.05) is 6.07 Å². The number of hydrogen-bond donors (Lipinski definition) is 0. The number of allylic oxidation sites excluding steroid dienone is 2. The van der Waals surface area contributed by atoms with E-state index < -0.39 is 0 Å². The maximum atomic E-state index is 6.17. The molecule has 0 N–H and O–H groups in total. The molecule has 2 unspecified atom stereocenters. The summed E-state index contributed by atoms with van der Waals surface area (Å²) in [6.45, 7) is 4.73. The van der Waals surface area contributed by atoms with Crippen LogP contribution in [0.2, 0.25) is 5.02 Å². The van der Waals surface area contributed by atoms with Gasteiger partial charge in [0.15, 0.2) is 0 Å². The molecular weight excluding hydrogens is 228 g/mol. The van der Waals surface area contributed by atoms with Gasteiger partial charge in [-0.25, -0.2) is 0 Å². The third-order valence-electron chi connectivity index (χ3n) is 4.44. The van der Waals surface area contributed by atoms with Crippen molar-refractivity contribution in [2.24, 2.45) is 5.92 Å². The summed E-state index contributed by atoms with van der Waals surface area (Å²) in [7, 11) is 0. The molecule has 0 fully saturated rings. The number of halogens is 1. The van der Waals surface area contributed by atoms with E-state index in [-0.39, 0.29) is 0 Å². The van der Waals surface area contributed by atoms with Crippen molar-refractivity contribution in [2.75, 3.05) is 0 Å². The first kappa shape index (κ1) is 11.3. The van der Waals surface area contributed by atoms with E-state index in [1.54, 1.807) is 11.1 Å². The van der Waals surface area contributed by atoms with Crippen molar-refractivity contribution in [1.29, 1.82) is 0 Å². The largest absolute Gasteiger partial charge is 0.0843 e. The maximum Gasteiger partial charge on any atom is 0.0412 e. The van der Waals surface area contributed by atoms with E-state index in [4.69, 9.17) is 11.6 Å². The number of fused-ring (bicyclic) bond motifs is 2. The summed E-state index contributed by atoms with van der Waals surface area (Å²) < 4.78 is 0.